The highest BCUT2D eigenvalue weighted by atomic mass is 16.2. The number of primary amides is 1. The maximum atomic E-state index is 12.4. The van der Waals surface area contributed by atoms with E-state index >= 15 is 0 Å². The molecule has 1 aromatic rings. The maximum Gasteiger partial charge on any atom is 0.236 e. The Balaban J connectivity index is 2.07. The first-order chi connectivity index (χ1) is 9.44. The van der Waals surface area contributed by atoms with Crippen molar-refractivity contribution in [3.8, 4) is 0 Å². The third-order valence-corrected chi connectivity index (χ3v) is 4.26. The maximum absolute atomic E-state index is 12.4. The van der Waals surface area contributed by atoms with Gasteiger partial charge in [-0.15, -0.1) is 0 Å². The zero-order chi connectivity index (χ0) is 14.5. The molecular weight excluding hydrogens is 254 g/mol. The highest BCUT2D eigenvalue weighted by Gasteiger charge is 2.52. The van der Waals surface area contributed by atoms with Gasteiger partial charge in [-0.2, -0.15) is 0 Å². The molecule has 0 radical (unpaired) electrons. The Labute approximate surface area is 117 Å². The number of carbonyl (C=O) groups is 2. The van der Waals surface area contributed by atoms with Crippen molar-refractivity contribution in [1.82, 2.24) is 5.32 Å². The van der Waals surface area contributed by atoms with Gasteiger partial charge in [0.2, 0.25) is 11.8 Å². The van der Waals surface area contributed by atoms with Crippen LogP contribution in [0.2, 0.25) is 0 Å². The van der Waals surface area contributed by atoms with E-state index in [0.29, 0.717) is 13.0 Å². The quantitative estimate of drug-likeness (QED) is 0.742. The van der Waals surface area contributed by atoms with Crippen molar-refractivity contribution in [1.29, 1.82) is 0 Å². The average Bonchev–Trinajstić information content (AvgIpc) is 2.95. The van der Waals surface area contributed by atoms with Crippen LogP contribution in [0.3, 0.4) is 0 Å². The Morgan fingerprint density at radius 1 is 1.50 bits per heavy atom. The second-order valence-electron chi connectivity index (χ2n) is 5.62. The van der Waals surface area contributed by atoms with Gasteiger partial charge in [0.05, 0.1) is 11.5 Å². The lowest BCUT2D eigenvalue weighted by Gasteiger charge is -2.20. The van der Waals surface area contributed by atoms with Crippen molar-refractivity contribution in [3.05, 3.63) is 35.9 Å². The fraction of sp³-hybridized carbons (Fsp3) is 0.333. The molecule has 1 spiro atoms. The van der Waals surface area contributed by atoms with Gasteiger partial charge in [-0.05, 0) is 36.6 Å². The minimum Gasteiger partial charge on any atom is -0.368 e. The summed E-state index contributed by atoms with van der Waals surface area (Å²) in [5, 5.41) is 5.95. The molecule has 2 amide bonds. The van der Waals surface area contributed by atoms with Gasteiger partial charge >= 0.3 is 0 Å². The molecule has 0 aliphatic carbocycles. The summed E-state index contributed by atoms with van der Waals surface area (Å²) < 4.78 is 0. The van der Waals surface area contributed by atoms with Gasteiger partial charge in [-0.3, -0.25) is 9.59 Å². The number of allylic oxidation sites excluding steroid dienone is 1. The number of carbonyl (C=O) groups excluding carboxylic acids is 2. The molecule has 1 fully saturated rings. The number of rotatable bonds is 2. The Bertz CT molecular complexity index is 638. The lowest BCUT2D eigenvalue weighted by molar-refractivity contribution is -0.120. The van der Waals surface area contributed by atoms with Crippen LogP contribution in [0.4, 0.5) is 5.69 Å². The fourth-order valence-corrected chi connectivity index (χ4v) is 3.05. The monoisotopic (exact) mass is 271 g/mol. The summed E-state index contributed by atoms with van der Waals surface area (Å²) in [6, 6.07) is 5.36. The minimum absolute atomic E-state index is 0.0670. The average molecular weight is 271 g/mol. The summed E-state index contributed by atoms with van der Waals surface area (Å²) in [5.41, 5.74) is 8.34. The third-order valence-electron chi connectivity index (χ3n) is 4.26. The Morgan fingerprint density at radius 2 is 2.25 bits per heavy atom. The molecule has 3 rings (SSSR count). The highest BCUT2D eigenvalue weighted by molar-refractivity contribution is 6.07. The predicted molar refractivity (Wildman–Crippen MR) is 77.1 cm³/mol. The normalized spacial score (nSPS) is 27.4. The molecule has 1 saturated heterocycles. The molecule has 5 nitrogen and oxygen atoms in total. The predicted octanol–water partition coefficient (Wildman–Crippen LogP) is 0.757. The molecule has 104 valence electrons. The topological polar surface area (TPSA) is 84.2 Å². The van der Waals surface area contributed by atoms with Crippen molar-refractivity contribution in [3.63, 3.8) is 0 Å². The molecule has 4 N–H and O–H groups in total. The summed E-state index contributed by atoms with van der Waals surface area (Å²) in [4.78, 5) is 23.7. The van der Waals surface area contributed by atoms with Crippen LogP contribution in [0.15, 0.2) is 24.8 Å². The van der Waals surface area contributed by atoms with Gasteiger partial charge in [0.15, 0.2) is 0 Å². The van der Waals surface area contributed by atoms with Gasteiger partial charge in [0, 0.05) is 12.2 Å². The standard InChI is InChI=1S/C15H17N3O2/c1-8(2)9-3-4-11-10(5-9)15(14(20)18-11)6-12(13(16)19)17-7-15/h3-5,12,17H,1,6-7H2,2H3,(H2,16,19)(H,18,20). The molecule has 0 saturated carbocycles. The van der Waals surface area contributed by atoms with Crippen LogP contribution in [-0.4, -0.2) is 24.4 Å². The van der Waals surface area contributed by atoms with E-state index in [1.165, 1.54) is 0 Å². The van der Waals surface area contributed by atoms with Crippen LogP contribution in [-0.2, 0) is 15.0 Å². The summed E-state index contributed by atoms with van der Waals surface area (Å²) in [5.74, 6) is -0.484. The summed E-state index contributed by atoms with van der Waals surface area (Å²) in [6.07, 6.45) is 0.404. The van der Waals surface area contributed by atoms with Crippen LogP contribution in [0, 0.1) is 0 Å². The lowest BCUT2D eigenvalue weighted by Crippen LogP contribution is -2.36. The molecule has 2 aliphatic rings. The van der Waals surface area contributed by atoms with Gasteiger partial charge in [-0.25, -0.2) is 0 Å². The Hall–Kier alpha value is -2.14. The first-order valence-electron chi connectivity index (χ1n) is 6.58. The van der Waals surface area contributed by atoms with Crippen molar-refractivity contribution in [2.24, 2.45) is 5.73 Å². The highest BCUT2D eigenvalue weighted by Crippen LogP contribution is 2.44. The molecule has 2 unspecified atom stereocenters. The Morgan fingerprint density at radius 3 is 2.85 bits per heavy atom. The number of nitrogens with two attached hydrogens (primary N) is 1. The number of nitrogens with one attached hydrogen (secondary N) is 2. The number of fused-ring (bicyclic) bond motifs is 2. The molecule has 0 bridgehead atoms. The molecule has 1 aromatic carbocycles. The fourth-order valence-electron chi connectivity index (χ4n) is 3.05. The van der Waals surface area contributed by atoms with Gasteiger partial charge < -0.3 is 16.4 Å². The zero-order valence-corrected chi connectivity index (χ0v) is 11.3. The number of hydrogen-bond acceptors (Lipinski definition) is 3. The van der Waals surface area contributed by atoms with Crippen LogP contribution in [0.25, 0.3) is 5.57 Å². The number of benzene rings is 1. The van der Waals surface area contributed by atoms with Crippen molar-refractivity contribution < 1.29 is 9.59 Å². The minimum atomic E-state index is -0.694. The number of anilines is 1. The van der Waals surface area contributed by atoms with Gasteiger partial charge in [-0.1, -0.05) is 18.2 Å². The molecule has 2 atom stereocenters. The van der Waals surface area contributed by atoms with Crippen LogP contribution < -0.4 is 16.4 Å². The van der Waals surface area contributed by atoms with E-state index in [1.807, 2.05) is 25.1 Å². The second kappa shape index (κ2) is 4.18. The van der Waals surface area contributed by atoms with E-state index < -0.39 is 17.4 Å². The smallest absolute Gasteiger partial charge is 0.236 e. The first kappa shape index (κ1) is 12.9. The van der Waals surface area contributed by atoms with Crippen molar-refractivity contribution in [2.45, 2.75) is 24.8 Å². The van der Waals surface area contributed by atoms with E-state index in [2.05, 4.69) is 17.2 Å². The summed E-state index contributed by atoms with van der Waals surface area (Å²) in [7, 11) is 0. The molecule has 2 aliphatic heterocycles. The molecule has 2 heterocycles. The molecule has 5 heteroatoms. The summed E-state index contributed by atoms with van der Waals surface area (Å²) >= 11 is 0. The Kier molecular flexibility index (Phi) is 2.69. The SMILES string of the molecule is C=C(C)c1ccc2c(c1)C1(CNC(C(N)=O)C1)C(=O)N2. The molecule has 20 heavy (non-hydrogen) atoms. The van der Waals surface area contributed by atoms with E-state index in [1.54, 1.807) is 0 Å². The lowest BCUT2D eigenvalue weighted by atomic mass is 9.78. The van der Waals surface area contributed by atoms with E-state index in [-0.39, 0.29) is 5.91 Å². The summed E-state index contributed by atoms with van der Waals surface area (Å²) in [6.45, 7) is 6.29. The van der Waals surface area contributed by atoms with Crippen LogP contribution in [0.5, 0.6) is 0 Å². The number of amides is 2. The van der Waals surface area contributed by atoms with E-state index in [9.17, 15) is 9.59 Å². The molecular formula is C15H17N3O2. The first-order valence-corrected chi connectivity index (χ1v) is 6.58. The van der Waals surface area contributed by atoms with E-state index in [4.69, 9.17) is 5.73 Å². The van der Waals surface area contributed by atoms with E-state index in [0.717, 1.165) is 22.4 Å². The van der Waals surface area contributed by atoms with Crippen molar-refractivity contribution in [2.75, 3.05) is 11.9 Å². The van der Waals surface area contributed by atoms with Crippen LogP contribution >= 0.6 is 0 Å². The third kappa shape index (κ3) is 1.67. The zero-order valence-electron chi connectivity index (χ0n) is 11.3. The largest absolute Gasteiger partial charge is 0.368 e. The van der Waals surface area contributed by atoms with Gasteiger partial charge in [0.25, 0.3) is 0 Å². The van der Waals surface area contributed by atoms with Gasteiger partial charge in [0.1, 0.15) is 0 Å². The molecule has 0 aromatic heterocycles. The van der Waals surface area contributed by atoms with Crippen molar-refractivity contribution >= 4 is 23.1 Å². The second-order valence-corrected chi connectivity index (χ2v) is 5.62. The number of hydrogen-bond donors (Lipinski definition) is 3. The van der Waals surface area contributed by atoms with Crippen LogP contribution in [0.1, 0.15) is 24.5 Å².